The van der Waals surface area contributed by atoms with Gasteiger partial charge in [0.2, 0.25) is 0 Å². The maximum absolute atomic E-state index is 13.0. The van der Waals surface area contributed by atoms with Crippen LogP contribution in [0.5, 0.6) is 0 Å². The van der Waals surface area contributed by atoms with E-state index in [4.69, 9.17) is 11.6 Å². The van der Waals surface area contributed by atoms with Crippen LogP contribution < -0.4 is 5.69 Å². The van der Waals surface area contributed by atoms with Crippen molar-refractivity contribution in [2.75, 3.05) is 0 Å². The van der Waals surface area contributed by atoms with Crippen molar-refractivity contribution in [3.05, 3.63) is 100 Å². The van der Waals surface area contributed by atoms with Gasteiger partial charge in [-0.25, -0.2) is 9.48 Å². The molecule has 0 N–H and O–H groups in total. The number of benzene rings is 1. The third-order valence-electron chi connectivity index (χ3n) is 5.20. The van der Waals surface area contributed by atoms with Crippen molar-refractivity contribution in [1.82, 2.24) is 29.4 Å². The maximum Gasteiger partial charge on any atom is 0.417 e. The van der Waals surface area contributed by atoms with Crippen molar-refractivity contribution >= 4 is 17.2 Å². The molecule has 0 atom stereocenters. The minimum Gasteiger partial charge on any atom is -0.265 e. The van der Waals surface area contributed by atoms with Crippen LogP contribution in [0.2, 0.25) is 5.02 Å². The number of halogens is 4. The third-order valence-corrected chi connectivity index (χ3v) is 5.45. The van der Waals surface area contributed by atoms with E-state index in [9.17, 15) is 18.0 Å². The molecular formula is C23H14ClF3N6O. The Kier molecular flexibility index (Phi) is 5.37. The molecule has 1 aromatic carbocycles. The Morgan fingerprint density at radius 3 is 2.29 bits per heavy atom. The van der Waals surface area contributed by atoms with E-state index in [-0.39, 0.29) is 17.9 Å². The molecule has 4 heterocycles. The number of hydrogen-bond acceptors (Lipinski definition) is 5. The number of pyridine rings is 2. The van der Waals surface area contributed by atoms with Gasteiger partial charge in [-0.2, -0.15) is 22.8 Å². The molecule has 0 aliphatic heterocycles. The first-order chi connectivity index (χ1) is 16.3. The summed E-state index contributed by atoms with van der Waals surface area (Å²) >= 11 is 6.03. The Hall–Kier alpha value is -4.05. The molecule has 0 unspecified atom stereocenters. The zero-order chi connectivity index (χ0) is 23.9. The highest BCUT2D eigenvalue weighted by Gasteiger charge is 2.30. The molecule has 170 valence electrons. The van der Waals surface area contributed by atoms with Gasteiger partial charge in [-0.05, 0) is 47.5 Å². The van der Waals surface area contributed by atoms with Gasteiger partial charge < -0.3 is 0 Å². The molecule has 0 saturated heterocycles. The molecule has 0 radical (unpaired) electrons. The quantitative estimate of drug-likeness (QED) is 0.370. The van der Waals surface area contributed by atoms with E-state index >= 15 is 0 Å². The largest absolute Gasteiger partial charge is 0.417 e. The van der Waals surface area contributed by atoms with E-state index in [1.165, 1.54) is 6.07 Å². The molecule has 5 rings (SSSR count). The molecule has 0 bridgehead atoms. The van der Waals surface area contributed by atoms with Crippen molar-refractivity contribution in [2.45, 2.75) is 12.7 Å². The van der Waals surface area contributed by atoms with Gasteiger partial charge in [0.15, 0.2) is 5.65 Å². The van der Waals surface area contributed by atoms with Gasteiger partial charge in [0.1, 0.15) is 0 Å². The van der Waals surface area contributed by atoms with Crippen LogP contribution in [0.15, 0.2) is 78.1 Å². The standard InChI is InChI=1S/C23H14ClF3N6O/c24-17-4-1-14(2-5-17)19-12-30-33-21(20(19)15-7-9-28-10-8-15)31-32(22(33)34)13-18-6-3-16(11-29-18)23(25,26)27/h1-12H,13H2. The minimum absolute atomic E-state index is 0.119. The molecule has 7 nitrogen and oxygen atoms in total. The van der Waals surface area contributed by atoms with E-state index in [0.717, 1.165) is 38.2 Å². The van der Waals surface area contributed by atoms with Gasteiger partial charge in [-0.1, -0.05) is 23.7 Å². The lowest BCUT2D eigenvalue weighted by molar-refractivity contribution is -0.137. The highest BCUT2D eigenvalue weighted by atomic mass is 35.5. The van der Waals surface area contributed by atoms with Crippen molar-refractivity contribution in [3.63, 3.8) is 0 Å². The number of hydrogen-bond donors (Lipinski definition) is 0. The molecule has 34 heavy (non-hydrogen) atoms. The van der Waals surface area contributed by atoms with E-state index in [0.29, 0.717) is 10.6 Å². The van der Waals surface area contributed by atoms with E-state index in [1.807, 2.05) is 12.1 Å². The summed E-state index contributed by atoms with van der Waals surface area (Å²) in [5, 5.41) is 9.31. The fraction of sp³-hybridized carbons (Fsp3) is 0.0870. The van der Waals surface area contributed by atoms with Gasteiger partial charge in [-0.3, -0.25) is 9.97 Å². The Labute approximate surface area is 195 Å². The van der Waals surface area contributed by atoms with Crippen LogP contribution in [0.25, 0.3) is 27.9 Å². The summed E-state index contributed by atoms with van der Waals surface area (Å²) in [5.41, 5.74) is 2.07. The van der Waals surface area contributed by atoms with Crippen LogP contribution in [-0.4, -0.2) is 29.4 Å². The summed E-state index contributed by atoms with van der Waals surface area (Å²) in [6, 6.07) is 12.9. The molecule has 0 fully saturated rings. The summed E-state index contributed by atoms with van der Waals surface area (Å²) in [7, 11) is 0. The third kappa shape index (κ3) is 4.03. The lowest BCUT2D eigenvalue weighted by Gasteiger charge is -2.10. The molecule has 11 heteroatoms. The fourth-order valence-corrected chi connectivity index (χ4v) is 3.68. The van der Waals surface area contributed by atoms with Crippen LogP contribution in [0.3, 0.4) is 0 Å². The van der Waals surface area contributed by atoms with Gasteiger partial charge in [0.05, 0.1) is 24.0 Å². The minimum atomic E-state index is -4.49. The second-order valence-electron chi connectivity index (χ2n) is 7.39. The van der Waals surface area contributed by atoms with Crippen LogP contribution >= 0.6 is 11.6 Å². The van der Waals surface area contributed by atoms with Crippen molar-refractivity contribution in [3.8, 4) is 22.3 Å². The molecule has 0 amide bonds. The van der Waals surface area contributed by atoms with Crippen LogP contribution in [0.4, 0.5) is 13.2 Å². The second kappa shape index (κ2) is 8.38. The average molecular weight is 483 g/mol. The van der Waals surface area contributed by atoms with Crippen molar-refractivity contribution < 1.29 is 13.2 Å². The van der Waals surface area contributed by atoms with Gasteiger partial charge in [0, 0.05) is 34.7 Å². The summed E-state index contributed by atoms with van der Waals surface area (Å²) in [6.45, 7) is -0.119. The predicted molar refractivity (Wildman–Crippen MR) is 119 cm³/mol. The van der Waals surface area contributed by atoms with Crippen LogP contribution in [0, 0.1) is 0 Å². The van der Waals surface area contributed by atoms with E-state index < -0.39 is 17.4 Å². The number of alkyl halides is 3. The molecule has 4 aromatic heterocycles. The maximum atomic E-state index is 13.0. The SMILES string of the molecule is O=c1n(Cc2ccc(C(F)(F)F)cn2)nc2c(-c3ccncc3)c(-c3ccc(Cl)cc3)cnn12. The lowest BCUT2D eigenvalue weighted by atomic mass is 9.98. The van der Waals surface area contributed by atoms with Gasteiger partial charge in [0.25, 0.3) is 0 Å². The Balaban J connectivity index is 1.65. The van der Waals surface area contributed by atoms with Crippen molar-refractivity contribution in [1.29, 1.82) is 0 Å². The van der Waals surface area contributed by atoms with Crippen LogP contribution in [-0.2, 0) is 12.7 Å². The lowest BCUT2D eigenvalue weighted by Crippen LogP contribution is -2.23. The first-order valence-corrected chi connectivity index (χ1v) is 10.4. The van der Waals surface area contributed by atoms with Crippen LogP contribution in [0.1, 0.15) is 11.3 Å². The molecule has 0 saturated carbocycles. The smallest absolute Gasteiger partial charge is 0.265 e. The first kappa shape index (κ1) is 21.8. The summed E-state index contributed by atoms with van der Waals surface area (Å²) in [6.07, 6.45) is 1.05. The summed E-state index contributed by atoms with van der Waals surface area (Å²) in [5.74, 6) is 0. The molecule has 0 aliphatic carbocycles. The Morgan fingerprint density at radius 1 is 0.912 bits per heavy atom. The Morgan fingerprint density at radius 2 is 1.65 bits per heavy atom. The summed E-state index contributed by atoms with van der Waals surface area (Å²) < 4.78 is 40.7. The number of rotatable bonds is 4. The van der Waals surface area contributed by atoms with Crippen molar-refractivity contribution in [2.24, 2.45) is 0 Å². The fourth-order valence-electron chi connectivity index (χ4n) is 3.55. The first-order valence-electron chi connectivity index (χ1n) is 9.98. The zero-order valence-corrected chi connectivity index (χ0v) is 18.0. The highest BCUT2D eigenvalue weighted by Crippen LogP contribution is 2.34. The average Bonchev–Trinajstić information content (AvgIpc) is 3.14. The van der Waals surface area contributed by atoms with Gasteiger partial charge in [-0.15, -0.1) is 5.10 Å². The number of aromatic nitrogens is 6. The van der Waals surface area contributed by atoms with Gasteiger partial charge >= 0.3 is 11.9 Å². The zero-order valence-electron chi connectivity index (χ0n) is 17.2. The number of nitrogens with zero attached hydrogens (tertiary/aromatic N) is 6. The number of fused-ring (bicyclic) bond motifs is 1. The molecule has 0 spiro atoms. The highest BCUT2D eigenvalue weighted by molar-refractivity contribution is 6.30. The normalized spacial score (nSPS) is 11.8. The molecule has 5 aromatic rings. The predicted octanol–water partition coefficient (Wildman–Crippen LogP) is 4.74. The molecule has 0 aliphatic rings. The van der Waals surface area contributed by atoms with E-state index in [1.54, 1.807) is 42.9 Å². The topological polar surface area (TPSA) is 78.0 Å². The van der Waals surface area contributed by atoms with E-state index in [2.05, 4.69) is 20.2 Å². The Bertz CT molecular complexity index is 1530. The monoisotopic (exact) mass is 482 g/mol. The second-order valence-corrected chi connectivity index (χ2v) is 7.82. The summed E-state index contributed by atoms with van der Waals surface area (Å²) in [4.78, 5) is 20.9. The molecular weight excluding hydrogens is 469 g/mol.